The van der Waals surface area contributed by atoms with E-state index in [1.54, 1.807) is 0 Å². The second-order valence-electron chi connectivity index (χ2n) is 12.4. The number of nitrogens with one attached hydrogen (secondary N) is 2. The Balaban J connectivity index is 1.80. The molecule has 0 aromatic heterocycles. The minimum Gasteiger partial charge on any atom is -0.307 e. The van der Waals surface area contributed by atoms with Crippen molar-refractivity contribution in [3.63, 3.8) is 0 Å². The first-order chi connectivity index (χ1) is 15.2. The van der Waals surface area contributed by atoms with Gasteiger partial charge in [0.25, 0.3) is 20.2 Å². The van der Waals surface area contributed by atoms with Crippen LogP contribution >= 0.6 is 0 Å². The van der Waals surface area contributed by atoms with Gasteiger partial charge in [0, 0.05) is 22.2 Å². The van der Waals surface area contributed by atoms with Gasteiger partial charge >= 0.3 is 0 Å². The van der Waals surface area contributed by atoms with Crippen LogP contribution in [0.25, 0.3) is 0 Å². The quantitative estimate of drug-likeness (QED) is 0.551. The van der Waals surface area contributed by atoms with Crippen LogP contribution in [-0.2, 0) is 28.6 Å². The number of hydrogen-bond donors (Lipinski definition) is 2. The van der Waals surface area contributed by atoms with Gasteiger partial charge in [-0.15, -0.1) is 0 Å². The molecule has 8 nitrogen and oxygen atoms in total. The monoisotopic (exact) mass is 516 g/mol. The second kappa shape index (κ2) is 8.81. The van der Waals surface area contributed by atoms with E-state index < -0.39 is 32.4 Å². The van der Waals surface area contributed by atoms with Crippen LogP contribution in [0.1, 0.15) is 81.1 Å². The summed E-state index contributed by atoms with van der Waals surface area (Å²) in [6, 6.07) is 5.23. The van der Waals surface area contributed by atoms with Crippen molar-refractivity contribution in [2.75, 3.05) is 0 Å². The van der Waals surface area contributed by atoms with Crippen molar-refractivity contribution in [2.24, 2.45) is 0 Å². The lowest BCUT2D eigenvalue weighted by Gasteiger charge is -2.45. The summed E-state index contributed by atoms with van der Waals surface area (Å²) in [5, 5.41) is 6.98. The Labute approximate surface area is 205 Å². The van der Waals surface area contributed by atoms with Crippen LogP contribution in [0.5, 0.6) is 0 Å². The highest BCUT2D eigenvalue weighted by molar-refractivity contribution is 7.87. The van der Waals surface area contributed by atoms with Crippen LogP contribution in [0.3, 0.4) is 0 Å². The zero-order valence-electron chi connectivity index (χ0n) is 21.6. The fraction of sp³-hybridized carbons (Fsp3) is 0.750. The average Bonchev–Trinajstić information content (AvgIpc) is 2.55. The predicted molar refractivity (Wildman–Crippen MR) is 132 cm³/mol. The van der Waals surface area contributed by atoms with E-state index in [1.165, 1.54) is 18.2 Å². The van der Waals surface area contributed by atoms with E-state index in [1.807, 2.05) is 55.4 Å². The van der Waals surface area contributed by atoms with Crippen molar-refractivity contribution in [3.8, 4) is 0 Å². The molecule has 194 valence electrons. The fourth-order valence-electron chi connectivity index (χ4n) is 5.85. The predicted octanol–water partition coefficient (Wildman–Crippen LogP) is 3.72. The molecule has 0 bridgehead atoms. The van der Waals surface area contributed by atoms with Crippen LogP contribution in [0, 0.1) is 0 Å². The van der Waals surface area contributed by atoms with Crippen molar-refractivity contribution in [1.29, 1.82) is 0 Å². The molecule has 2 saturated heterocycles. The molecule has 34 heavy (non-hydrogen) atoms. The molecule has 0 aliphatic carbocycles. The van der Waals surface area contributed by atoms with Crippen LogP contribution in [0.15, 0.2) is 34.1 Å². The molecule has 0 amide bonds. The summed E-state index contributed by atoms with van der Waals surface area (Å²) >= 11 is 0. The Kier molecular flexibility index (Phi) is 7.14. The third kappa shape index (κ3) is 7.01. The Hall–Kier alpha value is -1.04. The lowest BCUT2D eigenvalue weighted by atomic mass is 9.81. The van der Waals surface area contributed by atoms with Crippen molar-refractivity contribution in [3.05, 3.63) is 24.3 Å². The molecule has 0 atom stereocenters. The molecule has 10 heteroatoms. The number of hydrogen-bond acceptors (Lipinski definition) is 8. The summed E-state index contributed by atoms with van der Waals surface area (Å²) in [6.07, 6.45) is 1.01. The zero-order valence-corrected chi connectivity index (χ0v) is 23.2. The first kappa shape index (κ1) is 27.5. The van der Waals surface area contributed by atoms with Gasteiger partial charge in [0.15, 0.2) is 0 Å². The topological polar surface area (TPSA) is 111 Å². The molecule has 2 N–H and O–H groups in total. The van der Waals surface area contributed by atoms with E-state index in [9.17, 15) is 16.8 Å². The third-order valence-electron chi connectivity index (χ3n) is 6.21. The summed E-state index contributed by atoms with van der Waals surface area (Å²) in [5.74, 6) is 0. The molecule has 0 spiro atoms. The molecular formula is C24H40N2O6S2. The van der Waals surface area contributed by atoms with Gasteiger partial charge in [-0.2, -0.15) is 16.8 Å². The highest BCUT2D eigenvalue weighted by Crippen LogP contribution is 2.34. The van der Waals surface area contributed by atoms with Gasteiger partial charge in [-0.3, -0.25) is 8.37 Å². The maximum Gasteiger partial charge on any atom is 0.297 e. The lowest BCUT2D eigenvalue weighted by Crippen LogP contribution is -2.59. The summed E-state index contributed by atoms with van der Waals surface area (Å²) in [4.78, 5) is -0.394. The molecule has 2 fully saturated rings. The summed E-state index contributed by atoms with van der Waals surface area (Å²) in [6.45, 7) is 16.0. The maximum atomic E-state index is 13.1. The molecule has 2 aliphatic rings. The third-order valence-corrected chi connectivity index (χ3v) is 8.93. The minimum absolute atomic E-state index is 0.197. The zero-order chi connectivity index (χ0) is 25.8. The van der Waals surface area contributed by atoms with E-state index >= 15 is 0 Å². The van der Waals surface area contributed by atoms with Crippen LogP contribution in [-0.4, -0.2) is 51.2 Å². The molecule has 1 aromatic rings. The molecule has 0 unspecified atom stereocenters. The normalized spacial score (nSPS) is 25.2. The number of benzene rings is 1. The van der Waals surface area contributed by atoms with Gasteiger partial charge in [0.1, 0.15) is 0 Å². The molecule has 1 aromatic carbocycles. The standard InChI is InChI=1S/C24H40N2O6S2/c1-21(2)13-17(14-22(3,4)25-21)31-33(27,28)19-10-9-11-20(12-19)34(29,30)32-18-15-23(5,6)26-24(7,8)16-18/h9-12,17-18,25-26H,13-16H2,1-8H3. The average molecular weight is 517 g/mol. The van der Waals surface area contributed by atoms with Crippen molar-refractivity contribution >= 4 is 20.2 Å². The van der Waals surface area contributed by atoms with Crippen LogP contribution in [0.2, 0.25) is 0 Å². The van der Waals surface area contributed by atoms with Gasteiger partial charge < -0.3 is 10.6 Å². The highest BCUT2D eigenvalue weighted by atomic mass is 32.2. The molecule has 2 aliphatic heterocycles. The van der Waals surface area contributed by atoms with Gasteiger partial charge in [-0.1, -0.05) is 6.07 Å². The van der Waals surface area contributed by atoms with Gasteiger partial charge in [0.2, 0.25) is 0 Å². The Bertz CT molecular complexity index is 1010. The Morgan fingerprint density at radius 1 is 0.647 bits per heavy atom. The van der Waals surface area contributed by atoms with Crippen molar-refractivity contribution < 1.29 is 25.2 Å². The summed E-state index contributed by atoms with van der Waals surface area (Å²) in [7, 11) is -8.34. The molecular weight excluding hydrogens is 476 g/mol. The second-order valence-corrected chi connectivity index (χ2v) is 15.6. The summed E-state index contributed by atoms with van der Waals surface area (Å²) < 4.78 is 63.5. The lowest BCUT2D eigenvalue weighted by molar-refractivity contribution is 0.0597. The smallest absolute Gasteiger partial charge is 0.297 e. The highest BCUT2D eigenvalue weighted by Gasteiger charge is 2.42. The van der Waals surface area contributed by atoms with E-state index in [4.69, 9.17) is 8.37 Å². The van der Waals surface area contributed by atoms with E-state index in [2.05, 4.69) is 10.6 Å². The number of piperidine rings is 2. The molecule has 0 saturated carbocycles. The van der Waals surface area contributed by atoms with E-state index in [0.717, 1.165) is 6.07 Å². The van der Waals surface area contributed by atoms with E-state index in [-0.39, 0.29) is 31.9 Å². The summed E-state index contributed by atoms with van der Waals surface area (Å²) in [5.41, 5.74) is -1.18. The first-order valence-corrected chi connectivity index (χ1v) is 14.6. The molecule has 0 radical (unpaired) electrons. The first-order valence-electron chi connectivity index (χ1n) is 11.7. The van der Waals surface area contributed by atoms with Crippen molar-refractivity contribution in [1.82, 2.24) is 10.6 Å². The Morgan fingerprint density at radius 3 is 1.24 bits per heavy atom. The minimum atomic E-state index is -4.17. The van der Waals surface area contributed by atoms with Crippen LogP contribution < -0.4 is 10.6 Å². The van der Waals surface area contributed by atoms with E-state index in [0.29, 0.717) is 25.7 Å². The van der Waals surface area contributed by atoms with Gasteiger partial charge in [0.05, 0.1) is 22.0 Å². The van der Waals surface area contributed by atoms with Gasteiger partial charge in [-0.05, 0) is 99.3 Å². The Morgan fingerprint density at radius 2 is 0.941 bits per heavy atom. The fourth-order valence-corrected chi connectivity index (χ4v) is 8.17. The van der Waals surface area contributed by atoms with Gasteiger partial charge in [-0.25, -0.2) is 0 Å². The molecule has 3 rings (SSSR count). The maximum absolute atomic E-state index is 13.1. The SMILES string of the molecule is CC1(C)CC(OS(=O)(=O)c2cccc(S(=O)(=O)OC3CC(C)(C)NC(C)(C)C3)c2)CC(C)(C)N1. The number of rotatable bonds is 6. The molecule has 2 heterocycles. The van der Waals surface area contributed by atoms with Crippen LogP contribution in [0.4, 0.5) is 0 Å². The van der Waals surface area contributed by atoms with Crippen molar-refractivity contribution in [2.45, 2.75) is 125 Å². The largest absolute Gasteiger partial charge is 0.307 e.